The summed E-state index contributed by atoms with van der Waals surface area (Å²) in [6, 6.07) is 7.92. The first-order valence-corrected chi connectivity index (χ1v) is 6.96. The Labute approximate surface area is 108 Å². The van der Waals surface area contributed by atoms with E-state index in [0.717, 1.165) is 17.9 Å². The van der Waals surface area contributed by atoms with Crippen LogP contribution in [-0.2, 0) is 9.47 Å². The summed E-state index contributed by atoms with van der Waals surface area (Å²) < 4.78 is 11.0. The molecule has 0 heterocycles. The standard InChI is InChI=1S/C13H21NO2S/c1-3-15-13(16-4-2)9-10-17-12-7-5-11(14)6-8-12/h5-8,13H,3-4,9-10,14H2,1-2H3. The van der Waals surface area contributed by atoms with E-state index in [2.05, 4.69) is 0 Å². The normalized spacial score (nSPS) is 11.0. The Kier molecular flexibility index (Phi) is 7.08. The van der Waals surface area contributed by atoms with Gasteiger partial charge in [0.1, 0.15) is 0 Å². The average Bonchev–Trinajstić information content (AvgIpc) is 2.32. The molecule has 17 heavy (non-hydrogen) atoms. The van der Waals surface area contributed by atoms with Crippen LogP contribution in [0, 0.1) is 0 Å². The van der Waals surface area contributed by atoms with Crippen molar-refractivity contribution < 1.29 is 9.47 Å². The van der Waals surface area contributed by atoms with E-state index in [0.29, 0.717) is 13.2 Å². The van der Waals surface area contributed by atoms with E-state index in [4.69, 9.17) is 15.2 Å². The van der Waals surface area contributed by atoms with Crippen molar-refractivity contribution in [3.05, 3.63) is 24.3 Å². The topological polar surface area (TPSA) is 44.5 Å². The van der Waals surface area contributed by atoms with Crippen molar-refractivity contribution in [2.75, 3.05) is 24.7 Å². The van der Waals surface area contributed by atoms with Crippen LogP contribution in [0.25, 0.3) is 0 Å². The fourth-order valence-electron chi connectivity index (χ4n) is 1.42. The van der Waals surface area contributed by atoms with Crippen LogP contribution in [0.2, 0.25) is 0 Å². The number of anilines is 1. The summed E-state index contributed by atoms with van der Waals surface area (Å²) >= 11 is 1.79. The highest BCUT2D eigenvalue weighted by molar-refractivity contribution is 7.99. The number of benzene rings is 1. The minimum absolute atomic E-state index is 0.0775. The minimum Gasteiger partial charge on any atom is -0.399 e. The van der Waals surface area contributed by atoms with Gasteiger partial charge in [0.15, 0.2) is 6.29 Å². The van der Waals surface area contributed by atoms with Gasteiger partial charge >= 0.3 is 0 Å². The largest absolute Gasteiger partial charge is 0.399 e. The fraction of sp³-hybridized carbons (Fsp3) is 0.538. The molecule has 0 atom stereocenters. The molecule has 0 aliphatic carbocycles. The Bertz CT molecular complexity index is 297. The number of thioether (sulfide) groups is 1. The number of hydrogen-bond donors (Lipinski definition) is 1. The highest BCUT2D eigenvalue weighted by Gasteiger charge is 2.07. The molecular weight excluding hydrogens is 234 g/mol. The maximum atomic E-state index is 5.63. The molecule has 0 unspecified atom stereocenters. The molecule has 1 aromatic carbocycles. The zero-order valence-corrected chi connectivity index (χ0v) is 11.3. The van der Waals surface area contributed by atoms with E-state index < -0.39 is 0 Å². The zero-order chi connectivity index (χ0) is 12.5. The number of nitrogen functional groups attached to an aromatic ring is 1. The van der Waals surface area contributed by atoms with Gasteiger partial charge < -0.3 is 15.2 Å². The second-order valence-corrected chi connectivity index (χ2v) is 4.71. The molecule has 0 fully saturated rings. The average molecular weight is 255 g/mol. The van der Waals surface area contributed by atoms with Crippen LogP contribution in [-0.4, -0.2) is 25.3 Å². The molecule has 0 aliphatic rings. The van der Waals surface area contributed by atoms with Gasteiger partial charge in [-0.2, -0.15) is 0 Å². The highest BCUT2D eigenvalue weighted by Crippen LogP contribution is 2.21. The van der Waals surface area contributed by atoms with Crippen molar-refractivity contribution in [1.29, 1.82) is 0 Å². The molecule has 2 N–H and O–H groups in total. The first kappa shape index (κ1) is 14.4. The number of nitrogens with two attached hydrogens (primary N) is 1. The predicted octanol–water partition coefficient (Wildman–Crippen LogP) is 3.15. The molecule has 96 valence electrons. The Balaban J connectivity index is 2.27. The number of rotatable bonds is 8. The maximum Gasteiger partial charge on any atom is 0.158 e. The monoisotopic (exact) mass is 255 g/mol. The fourth-order valence-corrected chi connectivity index (χ4v) is 2.30. The highest BCUT2D eigenvalue weighted by atomic mass is 32.2. The minimum atomic E-state index is -0.0775. The maximum absolute atomic E-state index is 5.63. The lowest BCUT2D eigenvalue weighted by molar-refractivity contribution is -0.136. The van der Waals surface area contributed by atoms with Crippen LogP contribution in [0.1, 0.15) is 20.3 Å². The summed E-state index contributed by atoms with van der Waals surface area (Å²) in [4.78, 5) is 1.23. The van der Waals surface area contributed by atoms with Gasteiger partial charge in [0.25, 0.3) is 0 Å². The molecule has 3 nitrogen and oxygen atoms in total. The second kappa shape index (κ2) is 8.39. The molecule has 0 spiro atoms. The van der Waals surface area contributed by atoms with Gasteiger partial charge in [0.2, 0.25) is 0 Å². The third-order valence-electron chi connectivity index (χ3n) is 2.21. The summed E-state index contributed by atoms with van der Waals surface area (Å²) in [5, 5.41) is 0. The van der Waals surface area contributed by atoms with Crippen molar-refractivity contribution >= 4 is 17.4 Å². The van der Waals surface area contributed by atoms with Gasteiger partial charge in [0.05, 0.1) is 0 Å². The Morgan fingerprint density at radius 2 is 1.71 bits per heavy atom. The van der Waals surface area contributed by atoms with Gasteiger partial charge in [-0.3, -0.25) is 0 Å². The van der Waals surface area contributed by atoms with Gasteiger partial charge in [-0.15, -0.1) is 11.8 Å². The lowest BCUT2D eigenvalue weighted by atomic mass is 10.3. The van der Waals surface area contributed by atoms with Crippen LogP contribution in [0.15, 0.2) is 29.2 Å². The predicted molar refractivity (Wildman–Crippen MR) is 73.2 cm³/mol. The van der Waals surface area contributed by atoms with E-state index >= 15 is 0 Å². The molecule has 4 heteroatoms. The molecule has 0 aliphatic heterocycles. The Hall–Kier alpha value is -0.710. The van der Waals surface area contributed by atoms with Crippen LogP contribution in [0.3, 0.4) is 0 Å². The van der Waals surface area contributed by atoms with Crippen molar-refractivity contribution in [3.63, 3.8) is 0 Å². The smallest absolute Gasteiger partial charge is 0.158 e. The van der Waals surface area contributed by atoms with Crippen LogP contribution >= 0.6 is 11.8 Å². The van der Waals surface area contributed by atoms with E-state index in [1.165, 1.54) is 4.90 Å². The van der Waals surface area contributed by atoms with E-state index in [1.54, 1.807) is 11.8 Å². The lowest BCUT2D eigenvalue weighted by Gasteiger charge is -2.16. The SMILES string of the molecule is CCOC(CCSc1ccc(N)cc1)OCC. The summed E-state index contributed by atoms with van der Waals surface area (Å²) in [5.74, 6) is 0.981. The van der Waals surface area contributed by atoms with Gasteiger partial charge in [-0.05, 0) is 38.1 Å². The molecule has 0 saturated carbocycles. The van der Waals surface area contributed by atoms with E-state index in [-0.39, 0.29) is 6.29 Å². The van der Waals surface area contributed by atoms with Gasteiger partial charge in [-0.1, -0.05) is 0 Å². The quantitative estimate of drug-likeness (QED) is 0.440. The summed E-state index contributed by atoms with van der Waals surface area (Å²) in [6.45, 7) is 5.35. The van der Waals surface area contributed by atoms with Crippen LogP contribution < -0.4 is 5.73 Å². The van der Waals surface area contributed by atoms with E-state index in [9.17, 15) is 0 Å². The lowest BCUT2D eigenvalue weighted by Crippen LogP contribution is -2.18. The molecule has 0 radical (unpaired) electrons. The summed E-state index contributed by atoms with van der Waals surface area (Å²) in [6.07, 6.45) is 0.822. The number of hydrogen-bond acceptors (Lipinski definition) is 4. The van der Waals surface area contributed by atoms with Crippen LogP contribution in [0.4, 0.5) is 5.69 Å². The third kappa shape index (κ3) is 5.96. The van der Waals surface area contributed by atoms with E-state index in [1.807, 2.05) is 38.1 Å². The third-order valence-corrected chi connectivity index (χ3v) is 3.25. The van der Waals surface area contributed by atoms with Crippen molar-refractivity contribution in [2.45, 2.75) is 31.5 Å². The first-order chi connectivity index (χ1) is 8.26. The van der Waals surface area contributed by atoms with Crippen molar-refractivity contribution in [1.82, 2.24) is 0 Å². The molecule has 1 aromatic rings. The van der Waals surface area contributed by atoms with Crippen molar-refractivity contribution in [3.8, 4) is 0 Å². The number of ether oxygens (including phenoxy) is 2. The first-order valence-electron chi connectivity index (χ1n) is 5.97. The molecule has 1 rings (SSSR count). The molecule has 0 aromatic heterocycles. The second-order valence-electron chi connectivity index (χ2n) is 3.55. The summed E-state index contributed by atoms with van der Waals surface area (Å²) in [7, 11) is 0. The molecular formula is C13H21NO2S. The molecule has 0 amide bonds. The molecule has 0 bridgehead atoms. The zero-order valence-electron chi connectivity index (χ0n) is 10.5. The van der Waals surface area contributed by atoms with Crippen LogP contribution in [0.5, 0.6) is 0 Å². The Morgan fingerprint density at radius 1 is 1.12 bits per heavy atom. The van der Waals surface area contributed by atoms with Gasteiger partial charge in [-0.25, -0.2) is 0 Å². The van der Waals surface area contributed by atoms with Gasteiger partial charge in [0, 0.05) is 36.0 Å². The molecule has 0 saturated heterocycles. The summed E-state index contributed by atoms with van der Waals surface area (Å²) in [5.41, 5.74) is 6.44. The van der Waals surface area contributed by atoms with Crippen molar-refractivity contribution in [2.24, 2.45) is 0 Å². The Morgan fingerprint density at radius 3 is 2.24 bits per heavy atom.